The van der Waals surface area contributed by atoms with Gasteiger partial charge in [-0.2, -0.15) is 0 Å². The molecule has 0 fully saturated rings. The standard InChI is InChI=1S/C25H28N2O4S/c1-5-31-23-8-6-7-21(16-23)26-25(28)17-27(22-12-11-19(3)20(4)15-22)32(29,30)24-13-9-18(2)10-14-24/h6-16H,5,17H2,1-4H3,(H,26,28). The molecule has 1 N–H and O–H groups in total. The maximum absolute atomic E-state index is 13.5. The van der Waals surface area contributed by atoms with Crippen molar-refractivity contribution in [3.05, 3.63) is 83.4 Å². The molecule has 1 amide bonds. The van der Waals surface area contributed by atoms with Crippen LogP contribution in [0.25, 0.3) is 0 Å². The summed E-state index contributed by atoms with van der Waals surface area (Å²) in [5.41, 5.74) is 3.91. The Bertz CT molecular complexity index is 1200. The number of benzene rings is 3. The number of sulfonamides is 1. The molecule has 0 saturated carbocycles. The Kier molecular flexibility index (Phi) is 7.20. The molecule has 3 aromatic rings. The van der Waals surface area contributed by atoms with Crippen molar-refractivity contribution in [1.82, 2.24) is 0 Å². The lowest BCUT2D eigenvalue weighted by molar-refractivity contribution is -0.114. The van der Waals surface area contributed by atoms with Crippen molar-refractivity contribution in [2.45, 2.75) is 32.6 Å². The van der Waals surface area contributed by atoms with E-state index >= 15 is 0 Å². The van der Waals surface area contributed by atoms with Gasteiger partial charge in [0.1, 0.15) is 12.3 Å². The number of amides is 1. The second-order valence-corrected chi connectivity index (χ2v) is 9.46. The highest BCUT2D eigenvalue weighted by molar-refractivity contribution is 7.92. The fraction of sp³-hybridized carbons (Fsp3) is 0.240. The lowest BCUT2D eigenvalue weighted by atomic mass is 10.1. The number of hydrogen-bond donors (Lipinski definition) is 1. The Labute approximate surface area is 189 Å². The number of hydrogen-bond acceptors (Lipinski definition) is 4. The van der Waals surface area contributed by atoms with Gasteiger partial charge in [0, 0.05) is 11.8 Å². The SMILES string of the molecule is CCOc1cccc(NC(=O)CN(c2ccc(C)c(C)c2)S(=O)(=O)c2ccc(C)cc2)c1. The normalized spacial score (nSPS) is 11.1. The van der Waals surface area contributed by atoms with E-state index in [9.17, 15) is 13.2 Å². The van der Waals surface area contributed by atoms with Gasteiger partial charge in [0.15, 0.2) is 0 Å². The minimum Gasteiger partial charge on any atom is -0.494 e. The van der Waals surface area contributed by atoms with Gasteiger partial charge in [0.05, 0.1) is 17.2 Å². The molecule has 0 saturated heterocycles. The van der Waals surface area contributed by atoms with E-state index in [-0.39, 0.29) is 11.4 Å². The van der Waals surface area contributed by atoms with Crippen LogP contribution in [-0.4, -0.2) is 27.5 Å². The summed E-state index contributed by atoms with van der Waals surface area (Å²) >= 11 is 0. The summed E-state index contributed by atoms with van der Waals surface area (Å²) in [6.07, 6.45) is 0. The molecule has 32 heavy (non-hydrogen) atoms. The van der Waals surface area contributed by atoms with Gasteiger partial charge in [-0.1, -0.05) is 29.8 Å². The quantitative estimate of drug-likeness (QED) is 0.530. The van der Waals surface area contributed by atoms with Crippen molar-refractivity contribution in [1.29, 1.82) is 0 Å². The Morgan fingerprint density at radius 2 is 1.66 bits per heavy atom. The number of aryl methyl sites for hydroxylation is 3. The second kappa shape index (κ2) is 9.87. The first-order valence-corrected chi connectivity index (χ1v) is 11.8. The molecule has 0 radical (unpaired) electrons. The zero-order valence-corrected chi connectivity index (χ0v) is 19.6. The molecule has 7 heteroatoms. The molecular formula is C25H28N2O4S. The van der Waals surface area contributed by atoms with Crippen molar-refractivity contribution in [2.75, 3.05) is 22.8 Å². The monoisotopic (exact) mass is 452 g/mol. The molecule has 0 atom stereocenters. The van der Waals surface area contributed by atoms with Crippen molar-refractivity contribution < 1.29 is 17.9 Å². The van der Waals surface area contributed by atoms with Gasteiger partial charge in [0.2, 0.25) is 5.91 Å². The highest BCUT2D eigenvalue weighted by Crippen LogP contribution is 2.26. The van der Waals surface area contributed by atoms with E-state index in [4.69, 9.17) is 4.74 Å². The Balaban J connectivity index is 1.93. The van der Waals surface area contributed by atoms with Crippen LogP contribution >= 0.6 is 0 Å². The fourth-order valence-electron chi connectivity index (χ4n) is 3.19. The van der Waals surface area contributed by atoms with Crippen LogP contribution in [0.4, 0.5) is 11.4 Å². The van der Waals surface area contributed by atoms with Gasteiger partial charge in [-0.05, 0) is 75.2 Å². The van der Waals surface area contributed by atoms with Gasteiger partial charge in [0.25, 0.3) is 10.0 Å². The predicted octanol–water partition coefficient (Wildman–Crippen LogP) is 4.84. The average molecular weight is 453 g/mol. The number of carbonyl (C=O) groups excluding carboxylic acids is 1. The van der Waals surface area contributed by atoms with Crippen LogP contribution in [0.1, 0.15) is 23.6 Å². The fourth-order valence-corrected chi connectivity index (χ4v) is 4.61. The summed E-state index contributed by atoms with van der Waals surface area (Å²) in [5, 5.41) is 2.77. The Hall–Kier alpha value is -3.32. The molecule has 0 heterocycles. The molecule has 3 aromatic carbocycles. The first kappa shape index (κ1) is 23.3. The van der Waals surface area contributed by atoms with Crippen LogP contribution in [0.15, 0.2) is 71.6 Å². The summed E-state index contributed by atoms with van der Waals surface area (Å²) in [6, 6.07) is 18.9. The van der Waals surface area contributed by atoms with Crippen LogP contribution in [0.2, 0.25) is 0 Å². The molecule has 0 aliphatic carbocycles. The number of nitrogens with zero attached hydrogens (tertiary/aromatic N) is 1. The summed E-state index contributed by atoms with van der Waals surface area (Å²) in [6.45, 7) is 7.78. The van der Waals surface area contributed by atoms with E-state index in [1.165, 1.54) is 0 Å². The minimum absolute atomic E-state index is 0.132. The molecule has 3 rings (SSSR count). The largest absolute Gasteiger partial charge is 0.494 e. The molecule has 0 spiro atoms. The van der Waals surface area contributed by atoms with Gasteiger partial charge in [-0.3, -0.25) is 9.10 Å². The first-order valence-electron chi connectivity index (χ1n) is 10.4. The van der Waals surface area contributed by atoms with E-state index in [1.54, 1.807) is 60.7 Å². The predicted molar refractivity (Wildman–Crippen MR) is 128 cm³/mol. The van der Waals surface area contributed by atoms with E-state index in [2.05, 4.69) is 5.32 Å². The molecule has 0 bridgehead atoms. The van der Waals surface area contributed by atoms with Crippen LogP contribution < -0.4 is 14.4 Å². The highest BCUT2D eigenvalue weighted by Gasteiger charge is 2.27. The van der Waals surface area contributed by atoms with Gasteiger partial charge in [-0.25, -0.2) is 8.42 Å². The topological polar surface area (TPSA) is 75.7 Å². The molecular weight excluding hydrogens is 424 g/mol. The third-order valence-electron chi connectivity index (χ3n) is 5.10. The Morgan fingerprint density at radius 1 is 0.938 bits per heavy atom. The second-order valence-electron chi connectivity index (χ2n) is 7.60. The van der Waals surface area contributed by atoms with Crippen molar-refractivity contribution >= 4 is 27.3 Å². The average Bonchev–Trinajstić information content (AvgIpc) is 2.75. The third-order valence-corrected chi connectivity index (χ3v) is 6.89. The first-order chi connectivity index (χ1) is 15.2. The number of ether oxygens (including phenoxy) is 1. The summed E-state index contributed by atoms with van der Waals surface area (Å²) in [5.74, 6) is 0.177. The zero-order chi connectivity index (χ0) is 23.3. The Morgan fingerprint density at radius 3 is 2.31 bits per heavy atom. The van der Waals surface area contributed by atoms with Crippen LogP contribution in [0.3, 0.4) is 0 Å². The molecule has 168 valence electrons. The molecule has 0 unspecified atom stereocenters. The minimum atomic E-state index is -3.96. The van der Waals surface area contributed by atoms with Gasteiger partial charge < -0.3 is 10.1 Å². The molecule has 0 aromatic heterocycles. The maximum atomic E-state index is 13.5. The third kappa shape index (κ3) is 5.48. The van der Waals surface area contributed by atoms with E-state index in [0.717, 1.165) is 21.0 Å². The summed E-state index contributed by atoms with van der Waals surface area (Å²) in [7, 11) is -3.96. The van der Waals surface area contributed by atoms with E-state index in [0.29, 0.717) is 23.7 Å². The molecule has 0 aliphatic rings. The van der Waals surface area contributed by atoms with Gasteiger partial charge >= 0.3 is 0 Å². The zero-order valence-electron chi connectivity index (χ0n) is 18.8. The summed E-state index contributed by atoms with van der Waals surface area (Å²) < 4.78 is 33.6. The van der Waals surface area contributed by atoms with Gasteiger partial charge in [-0.15, -0.1) is 0 Å². The van der Waals surface area contributed by atoms with Crippen LogP contribution in [0.5, 0.6) is 5.75 Å². The lowest BCUT2D eigenvalue weighted by Crippen LogP contribution is -2.38. The smallest absolute Gasteiger partial charge is 0.264 e. The molecule has 0 aliphatic heterocycles. The van der Waals surface area contributed by atoms with E-state index in [1.807, 2.05) is 33.8 Å². The number of carbonyl (C=O) groups is 1. The highest BCUT2D eigenvalue weighted by atomic mass is 32.2. The van der Waals surface area contributed by atoms with Crippen molar-refractivity contribution in [2.24, 2.45) is 0 Å². The van der Waals surface area contributed by atoms with Crippen molar-refractivity contribution in [3.63, 3.8) is 0 Å². The van der Waals surface area contributed by atoms with Crippen LogP contribution in [0, 0.1) is 20.8 Å². The van der Waals surface area contributed by atoms with Crippen molar-refractivity contribution in [3.8, 4) is 5.75 Å². The maximum Gasteiger partial charge on any atom is 0.264 e. The van der Waals surface area contributed by atoms with Crippen LogP contribution in [-0.2, 0) is 14.8 Å². The summed E-state index contributed by atoms with van der Waals surface area (Å²) in [4.78, 5) is 13.0. The van der Waals surface area contributed by atoms with E-state index < -0.39 is 15.9 Å². The number of rotatable bonds is 8. The number of anilines is 2. The lowest BCUT2D eigenvalue weighted by Gasteiger charge is -2.25. The molecule has 6 nitrogen and oxygen atoms in total. The number of nitrogens with one attached hydrogen (secondary N) is 1.